The second kappa shape index (κ2) is 9.24. The van der Waals surface area contributed by atoms with E-state index in [4.69, 9.17) is 21.1 Å². The lowest BCUT2D eigenvalue weighted by molar-refractivity contribution is 0.0936. The number of pyridine rings is 1. The van der Waals surface area contributed by atoms with Gasteiger partial charge < -0.3 is 14.8 Å². The number of nitrogens with zero attached hydrogens (tertiary/aromatic N) is 1. The van der Waals surface area contributed by atoms with Gasteiger partial charge in [0, 0.05) is 11.8 Å². The molecule has 1 heterocycles. The van der Waals surface area contributed by atoms with Crippen molar-refractivity contribution < 1.29 is 14.3 Å². The van der Waals surface area contributed by atoms with Crippen LogP contribution in [-0.2, 0) is 6.42 Å². The van der Waals surface area contributed by atoms with E-state index in [1.54, 1.807) is 26.4 Å². The summed E-state index contributed by atoms with van der Waals surface area (Å²) in [5.74, 6) is 1.35. The minimum atomic E-state index is -0.223. The number of aromatic nitrogens is 1. The van der Waals surface area contributed by atoms with Crippen molar-refractivity contribution in [3.8, 4) is 11.5 Å². The first kappa shape index (κ1) is 19.7. The van der Waals surface area contributed by atoms with Crippen LogP contribution in [0.1, 0.15) is 27.5 Å². The maximum absolute atomic E-state index is 12.8. The number of rotatable bonds is 7. The minimum absolute atomic E-state index is 0.210. The molecule has 144 valence electrons. The number of nitrogens with one attached hydrogen (secondary N) is 1. The predicted molar refractivity (Wildman–Crippen MR) is 109 cm³/mol. The Kier molecular flexibility index (Phi) is 6.50. The fourth-order valence-electron chi connectivity index (χ4n) is 2.87. The van der Waals surface area contributed by atoms with Crippen molar-refractivity contribution in [1.82, 2.24) is 10.3 Å². The Morgan fingerprint density at radius 2 is 1.61 bits per heavy atom. The van der Waals surface area contributed by atoms with Crippen LogP contribution in [0.4, 0.5) is 0 Å². The highest BCUT2D eigenvalue weighted by atomic mass is 35.5. The van der Waals surface area contributed by atoms with E-state index in [0.29, 0.717) is 12.0 Å². The normalized spacial score (nSPS) is 11.5. The molecule has 1 atom stereocenters. The molecule has 6 heteroatoms. The molecule has 0 bridgehead atoms. The third-order valence-electron chi connectivity index (χ3n) is 4.41. The second-order valence-corrected chi connectivity index (χ2v) is 6.61. The smallest absolute Gasteiger partial charge is 0.251 e. The number of halogens is 1. The van der Waals surface area contributed by atoms with Crippen molar-refractivity contribution in [1.29, 1.82) is 0 Å². The molecule has 0 spiro atoms. The molecule has 0 fully saturated rings. The topological polar surface area (TPSA) is 60.5 Å². The standard InChI is InChI=1S/C22H21ClN2O3/c1-27-18-7-3-15(4-8-18)13-20(16-5-9-19(28-2)10-6-16)25-22(26)17-11-12-24-21(23)14-17/h3-12,14,20H,13H2,1-2H3,(H,25,26)/t20-/m0/s1. The van der Waals surface area contributed by atoms with Gasteiger partial charge in [0.1, 0.15) is 16.7 Å². The van der Waals surface area contributed by atoms with Crippen LogP contribution in [0.5, 0.6) is 11.5 Å². The summed E-state index contributed by atoms with van der Waals surface area (Å²) < 4.78 is 10.4. The average Bonchev–Trinajstić information content (AvgIpc) is 2.74. The largest absolute Gasteiger partial charge is 0.497 e. The quantitative estimate of drug-likeness (QED) is 0.599. The zero-order valence-corrected chi connectivity index (χ0v) is 16.4. The number of ether oxygens (including phenoxy) is 2. The highest BCUT2D eigenvalue weighted by Crippen LogP contribution is 2.23. The van der Waals surface area contributed by atoms with E-state index in [1.807, 2.05) is 48.5 Å². The zero-order valence-electron chi connectivity index (χ0n) is 15.7. The van der Waals surface area contributed by atoms with E-state index in [9.17, 15) is 4.79 Å². The lowest BCUT2D eigenvalue weighted by Crippen LogP contribution is -2.30. The molecule has 0 saturated carbocycles. The van der Waals surface area contributed by atoms with E-state index in [1.165, 1.54) is 6.20 Å². The number of amides is 1. The molecule has 3 aromatic rings. The van der Waals surface area contributed by atoms with E-state index in [-0.39, 0.29) is 17.1 Å². The number of hydrogen-bond acceptors (Lipinski definition) is 4. The van der Waals surface area contributed by atoms with Crippen molar-refractivity contribution in [2.24, 2.45) is 0 Å². The Hall–Kier alpha value is -3.05. The van der Waals surface area contributed by atoms with Crippen molar-refractivity contribution >= 4 is 17.5 Å². The Balaban J connectivity index is 1.85. The molecule has 1 amide bonds. The maximum atomic E-state index is 12.8. The molecular formula is C22H21ClN2O3. The first-order valence-electron chi connectivity index (χ1n) is 8.78. The van der Waals surface area contributed by atoms with Gasteiger partial charge in [0.2, 0.25) is 0 Å². The van der Waals surface area contributed by atoms with Gasteiger partial charge in [0.25, 0.3) is 5.91 Å². The molecule has 0 aliphatic carbocycles. The lowest BCUT2D eigenvalue weighted by atomic mass is 9.98. The number of benzene rings is 2. The van der Waals surface area contributed by atoms with Gasteiger partial charge >= 0.3 is 0 Å². The van der Waals surface area contributed by atoms with E-state index < -0.39 is 0 Å². The van der Waals surface area contributed by atoms with Crippen LogP contribution in [0.3, 0.4) is 0 Å². The average molecular weight is 397 g/mol. The number of carbonyl (C=O) groups excluding carboxylic acids is 1. The maximum Gasteiger partial charge on any atom is 0.251 e. The predicted octanol–water partition coefficient (Wildman–Crippen LogP) is 4.47. The van der Waals surface area contributed by atoms with Crippen LogP contribution >= 0.6 is 11.6 Å². The van der Waals surface area contributed by atoms with Gasteiger partial charge in [-0.15, -0.1) is 0 Å². The van der Waals surface area contributed by atoms with Crippen molar-refractivity contribution in [2.75, 3.05) is 14.2 Å². The molecule has 0 saturated heterocycles. The van der Waals surface area contributed by atoms with Crippen LogP contribution in [0.2, 0.25) is 5.15 Å². The number of methoxy groups -OCH3 is 2. The highest BCUT2D eigenvalue weighted by molar-refractivity contribution is 6.29. The minimum Gasteiger partial charge on any atom is -0.497 e. The summed E-state index contributed by atoms with van der Waals surface area (Å²) >= 11 is 5.92. The van der Waals surface area contributed by atoms with Crippen LogP contribution in [0.15, 0.2) is 66.9 Å². The van der Waals surface area contributed by atoms with Gasteiger partial charge in [-0.25, -0.2) is 4.98 Å². The third kappa shape index (κ3) is 5.02. The highest BCUT2D eigenvalue weighted by Gasteiger charge is 2.17. The van der Waals surface area contributed by atoms with Crippen molar-refractivity contribution in [3.05, 3.63) is 88.7 Å². The summed E-state index contributed by atoms with van der Waals surface area (Å²) in [5.41, 5.74) is 2.52. The Bertz CT molecular complexity index is 927. The summed E-state index contributed by atoms with van der Waals surface area (Å²) in [6.07, 6.45) is 2.14. The van der Waals surface area contributed by atoms with Crippen LogP contribution in [0.25, 0.3) is 0 Å². The summed E-state index contributed by atoms with van der Waals surface area (Å²) in [7, 11) is 3.26. The molecule has 5 nitrogen and oxygen atoms in total. The molecule has 1 N–H and O–H groups in total. The van der Waals surface area contributed by atoms with Crippen LogP contribution in [-0.4, -0.2) is 25.1 Å². The van der Waals surface area contributed by atoms with Crippen LogP contribution < -0.4 is 14.8 Å². The molecule has 2 aromatic carbocycles. The second-order valence-electron chi connectivity index (χ2n) is 6.22. The molecule has 0 radical (unpaired) electrons. The van der Waals surface area contributed by atoms with E-state index in [2.05, 4.69) is 10.3 Å². The molecule has 0 unspecified atom stereocenters. The fourth-order valence-corrected chi connectivity index (χ4v) is 3.04. The number of carbonyl (C=O) groups is 1. The molecule has 0 aliphatic heterocycles. The fraction of sp³-hybridized carbons (Fsp3) is 0.182. The molecular weight excluding hydrogens is 376 g/mol. The summed E-state index contributed by atoms with van der Waals surface area (Å²) in [6.45, 7) is 0. The van der Waals surface area contributed by atoms with Gasteiger partial charge in [-0.1, -0.05) is 35.9 Å². The SMILES string of the molecule is COc1ccc(C[C@H](NC(=O)c2ccnc(Cl)c2)c2ccc(OC)cc2)cc1. The van der Waals surface area contributed by atoms with Gasteiger partial charge in [-0.3, -0.25) is 4.79 Å². The summed E-state index contributed by atoms with van der Waals surface area (Å²) in [4.78, 5) is 16.7. The van der Waals surface area contributed by atoms with Crippen LogP contribution in [0, 0.1) is 0 Å². The molecule has 3 rings (SSSR count). The van der Waals surface area contributed by atoms with Gasteiger partial charge in [-0.2, -0.15) is 0 Å². The van der Waals surface area contributed by atoms with Gasteiger partial charge in [0.05, 0.1) is 20.3 Å². The lowest BCUT2D eigenvalue weighted by Gasteiger charge is -2.20. The van der Waals surface area contributed by atoms with Crippen molar-refractivity contribution in [2.45, 2.75) is 12.5 Å². The Labute approximate surface area is 169 Å². The molecule has 1 aromatic heterocycles. The molecule has 0 aliphatic rings. The van der Waals surface area contributed by atoms with Gasteiger partial charge in [-0.05, 0) is 53.9 Å². The van der Waals surface area contributed by atoms with E-state index in [0.717, 1.165) is 22.6 Å². The molecule has 28 heavy (non-hydrogen) atoms. The first-order valence-corrected chi connectivity index (χ1v) is 9.16. The third-order valence-corrected chi connectivity index (χ3v) is 4.62. The van der Waals surface area contributed by atoms with E-state index >= 15 is 0 Å². The van der Waals surface area contributed by atoms with Gasteiger partial charge in [0.15, 0.2) is 0 Å². The Morgan fingerprint density at radius 3 is 2.18 bits per heavy atom. The summed E-state index contributed by atoms with van der Waals surface area (Å²) in [5, 5.41) is 3.38. The summed E-state index contributed by atoms with van der Waals surface area (Å²) in [6, 6.07) is 18.4. The monoisotopic (exact) mass is 396 g/mol. The zero-order chi connectivity index (χ0) is 19.9. The first-order chi connectivity index (χ1) is 13.6. The number of hydrogen-bond donors (Lipinski definition) is 1. The Morgan fingerprint density at radius 1 is 1.00 bits per heavy atom. The van der Waals surface area contributed by atoms with Crippen molar-refractivity contribution in [3.63, 3.8) is 0 Å².